The number of sulfonamides is 1. The molecule has 5 nitrogen and oxygen atoms in total. The molecule has 8 heteroatoms. The van der Waals surface area contributed by atoms with E-state index in [0.29, 0.717) is 42.1 Å². The first kappa shape index (κ1) is 19.0. The molecular formula is C18H21FN2O3S2. The zero-order chi connectivity index (χ0) is 18.6. The van der Waals surface area contributed by atoms with Crippen LogP contribution in [0.1, 0.15) is 24.8 Å². The summed E-state index contributed by atoms with van der Waals surface area (Å²) in [5.41, 5.74) is 0.456. The number of amides is 1. The summed E-state index contributed by atoms with van der Waals surface area (Å²) >= 11 is 1.22. The first-order valence-corrected chi connectivity index (χ1v) is 10.8. The van der Waals surface area contributed by atoms with Gasteiger partial charge in [0.15, 0.2) is 0 Å². The van der Waals surface area contributed by atoms with E-state index in [4.69, 9.17) is 0 Å². The van der Waals surface area contributed by atoms with Crippen LogP contribution in [0.3, 0.4) is 0 Å². The van der Waals surface area contributed by atoms with E-state index in [9.17, 15) is 17.6 Å². The van der Waals surface area contributed by atoms with Crippen molar-refractivity contribution in [3.63, 3.8) is 0 Å². The largest absolute Gasteiger partial charge is 0.352 e. The third kappa shape index (κ3) is 4.49. The lowest BCUT2D eigenvalue weighted by Crippen LogP contribution is -2.39. The zero-order valence-electron chi connectivity index (χ0n) is 14.2. The van der Waals surface area contributed by atoms with Crippen molar-refractivity contribution in [1.29, 1.82) is 0 Å². The number of nitrogens with zero attached hydrogens (tertiary/aromatic N) is 1. The van der Waals surface area contributed by atoms with E-state index >= 15 is 0 Å². The van der Waals surface area contributed by atoms with Crippen LogP contribution in [-0.2, 0) is 21.4 Å². The van der Waals surface area contributed by atoms with Crippen molar-refractivity contribution in [1.82, 2.24) is 9.62 Å². The van der Waals surface area contributed by atoms with Gasteiger partial charge < -0.3 is 5.32 Å². The van der Waals surface area contributed by atoms with E-state index in [1.54, 1.807) is 35.7 Å². The van der Waals surface area contributed by atoms with Gasteiger partial charge in [0.2, 0.25) is 5.91 Å². The van der Waals surface area contributed by atoms with E-state index in [1.165, 1.54) is 21.7 Å². The number of thiophene rings is 1. The Balaban J connectivity index is 1.47. The van der Waals surface area contributed by atoms with Crippen molar-refractivity contribution in [3.05, 3.63) is 53.2 Å². The summed E-state index contributed by atoms with van der Waals surface area (Å²) in [7, 11) is -3.41. The van der Waals surface area contributed by atoms with E-state index in [0.717, 1.165) is 0 Å². The van der Waals surface area contributed by atoms with Crippen LogP contribution in [0.5, 0.6) is 0 Å². The van der Waals surface area contributed by atoms with Gasteiger partial charge in [-0.2, -0.15) is 4.31 Å². The lowest BCUT2D eigenvalue weighted by molar-refractivity contribution is -0.122. The fourth-order valence-electron chi connectivity index (χ4n) is 3.06. The minimum absolute atomic E-state index is 0.132. The fourth-order valence-corrected chi connectivity index (χ4v) is 5.68. The molecule has 140 valence electrons. The van der Waals surface area contributed by atoms with Gasteiger partial charge in [-0.05, 0) is 36.3 Å². The minimum atomic E-state index is -3.41. The molecule has 1 N–H and O–H groups in total. The molecule has 1 aliphatic rings. The Morgan fingerprint density at radius 3 is 2.58 bits per heavy atom. The number of hydrogen-bond acceptors (Lipinski definition) is 4. The second-order valence-electron chi connectivity index (χ2n) is 6.35. The standard InChI is InChI=1S/C18H21FN2O3S2/c19-16-5-2-1-4-15(16)13-20-17(22)12-14-7-9-21(10-8-14)26(23,24)18-6-3-11-25-18/h1-6,11,14H,7-10,12-13H2,(H,20,22). The molecule has 0 unspecified atom stereocenters. The van der Waals surface area contributed by atoms with Crippen molar-refractivity contribution >= 4 is 27.3 Å². The minimum Gasteiger partial charge on any atom is -0.352 e. The third-order valence-electron chi connectivity index (χ3n) is 4.57. The molecule has 1 amide bonds. The van der Waals surface area contributed by atoms with Gasteiger partial charge in [0, 0.05) is 31.6 Å². The van der Waals surface area contributed by atoms with Crippen molar-refractivity contribution in [2.75, 3.05) is 13.1 Å². The van der Waals surface area contributed by atoms with Crippen LogP contribution < -0.4 is 5.32 Å². The number of benzene rings is 1. The number of carbonyl (C=O) groups excluding carboxylic acids is 1. The van der Waals surface area contributed by atoms with Crippen molar-refractivity contribution in [2.24, 2.45) is 5.92 Å². The average Bonchev–Trinajstić information content (AvgIpc) is 3.17. The Hall–Kier alpha value is -1.77. The van der Waals surface area contributed by atoms with Crippen LogP contribution in [0.4, 0.5) is 4.39 Å². The van der Waals surface area contributed by atoms with Gasteiger partial charge in [-0.3, -0.25) is 4.79 Å². The molecule has 1 aliphatic heterocycles. The Kier molecular flexibility index (Phi) is 6.05. The summed E-state index contributed by atoms with van der Waals surface area (Å²) in [5, 5.41) is 4.49. The Morgan fingerprint density at radius 2 is 1.92 bits per heavy atom. The second kappa shape index (κ2) is 8.28. The van der Waals surface area contributed by atoms with Gasteiger partial charge in [-0.25, -0.2) is 12.8 Å². The average molecular weight is 397 g/mol. The number of piperidine rings is 1. The summed E-state index contributed by atoms with van der Waals surface area (Å²) in [4.78, 5) is 12.1. The van der Waals surface area contributed by atoms with E-state index in [-0.39, 0.29) is 24.2 Å². The normalized spacial score (nSPS) is 16.5. The zero-order valence-corrected chi connectivity index (χ0v) is 15.9. The lowest BCUT2D eigenvalue weighted by atomic mass is 9.94. The summed E-state index contributed by atoms with van der Waals surface area (Å²) in [6.07, 6.45) is 1.64. The molecule has 1 saturated heterocycles. The van der Waals surface area contributed by atoms with Crippen LogP contribution in [0.2, 0.25) is 0 Å². The fraction of sp³-hybridized carbons (Fsp3) is 0.389. The highest BCUT2D eigenvalue weighted by atomic mass is 32.2. The molecule has 0 spiro atoms. The number of rotatable bonds is 6. The second-order valence-corrected chi connectivity index (χ2v) is 9.46. The topological polar surface area (TPSA) is 66.5 Å². The number of nitrogens with one attached hydrogen (secondary N) is 1. The van der Waals surface area contributed by atoms with Crippen LogP contribution in [-0.4, -0.2) is 31.7 Å². The maximum Gasteiger partial charge on any atom is 0.252 e. The van der Waals surface area contributed by atoms with Crippen molar-refractivity contribution < 1.29 is 17.6 Å². The molecule has 0 saturated carbocycles. The van der Waals surface area contributed by atoms with Gasteiger partial charge in [0.1, 0.15) is 10.0 Å². The number of carbonyl (C=O) groups is 1. The van der Waals surface area contributed by atoms with Gasteiger partial charge in [0.25, 0.3) is 10.0 Å². The summed E-state index contributed by atoms with van der Waals surface area (Å²) in [6.45, 7) is 1.01. The van der Waals surface area contributed by atoms with E-state index < -0.39 is 10.0 Å². The van der Waals surface area contributed by atoms with Crippen LogP contribution >= 0.6 is 11.3 Å². The third-order valence-corrected chi connectivity index (χ3v) is 7.84. The molecule has 0 aliphatic carbocycles. The van der Waals surface area contributed by atoms with Crippen LogP contribution in [0.15, 0.2) is 46.0 Å². The Labute approximate surface area is 156 Å². The molecule has 2 heterocycles. The van der Waals surface area contributed by atoms with Crippen molar-refractivity contribution in [3.8, 4) is 0 Å². The number of halogens is 1. The maximum atomic E-state index is 13.6. The molecule has 2 aromatic rings. The highest BCUT2D eigenvalue weighted by Gasteiger charge is 2.30. The lowest BCUT2D eigenvalue weighted by Gasteiger charge is -2.30. The van der Waals surface area contributed by atoms with Crippen LogP contribution in [0, 0.1) is 11.7 Å². The smallest absolute Gasteiger partial charge is 0.252 e. The highest BCUT2D eigenvalue weighted by Crippen LogP contribution is 2.27. The first-order chi connectivity index (χ1) is 12.5. The summed E-state index contributed by atoms with van der Waals surface area (Å²) in [6, 6.07) is 9.69. The van der Waals surface area contributed by atoms with Crippen LogP contribution in [0.25, 0.3) is 0 Å². The van der Waals surface area contributed by atoms with Crippen molar-refractivity contribution in [2.45, 2.75) is 30.0 Å². The predicted octanol–water partition coefficient (Wildman–Crippen LogP) is 2.99. The molecule has 1 fully saturated rings. The summed E-state index contributed by atoms with van der Waals surface area (Å²) in [5.74, 6) is -0.321. The summed E-state index contributed by atoms with van der Waals surface area (Å²) < 4.78 is 40.4. The van der Waals surface area contributed by atoms with E-state index in [1.807, 2.05) is 0 Å². The predicted molar refractivity (Wildman–Crippen MR) is 98.7 cm³/mol. The Bertz CT molecular complexity index is 845. The highest BCUT2D eigenvalue weighted by molar-refractivity contribution is 7.91. The molecule has 0 bridgehead atoms. The van der Waals surface area contributed by atoms with Gasteiger partial charge in [-0.15, -0.1) is 11.3 Å². The molecule has 26 heavy (non-hydrogen) atoms. The molecule has 1 aromatic heterocycles. The molecule has 1 aromatic carbocycles. The molecule has 0 radical (unpaired) electrons. The quantitative estimate of drug-likeness (QED) is 0.816. The molecule has 3 rings (SSSR count). The molecule has 0 atom stereocenters. The SMILES string of the molecule is O=C(CC1CCN(S(=O)(=O)c2cccs2)CC1)NCc1ccccc1F. The number of hydrogen-bond donors (Lipinski definition) is 1. The van der Waals surface area contributed by atoms with Gasteiger partial charge >= 0.3 is 0 Å². The Morgan fingerprint density at radius 1 is 1.19 bits per heavy atom. The first-order valence-electron chi connectivity index (χ1n) is 8.50. The van der Waals surface area contributed by atoms with Gasteiger partial charge in [-0.1, -0.05) is 24.3 Å². The van der Waals surface area contributed by atoms with Gasteiger partial charge in [0.05, 0.1) is 0 Å². The van der Waals surface area contributed by atoms with E-state index in [2.05, 4.69) is 5.32 Å². The monoisotopic (exact) mass is 396 g/mol. The maximum absolute atomic E-state index is 13.6. The molecular weight excluding hydrogens is 375 g/mol.